The lowest BCUT2D eigenvalue weighted by Gasteiger charge is -2.06. The normalized spacial score (nSPS) is 11.2. The van der Waals surface area contributed by atoms with Crippen molar-refractivity contribution in [3.8, 4) is 17.2 Å². The van der Waals surface area contributed by atoms with Crippen LogP contribution in [0.3, 0.4) is 0 Å². The van der Waals surface area contributed by atoms with Gasteiger partial charge in [-0.15, -0.1) is 0 Å². The predicted molar refractivity (Wildman–Crippen MR) is 112 cm³/mol. The highest BCUT2D eigenvalue weighted by Gasteiger charge is 2.12. The van der Waals surface area contributed by atoms with E-state index in [0.29, 0.717) is 24.9 Å². The number of hydrogen-bond acceptors (Lipinski definition) is 7. The number of esters is 1. The molecule has 2 aromatic carbocycles. The van der Waals surface area contributed by atoms with Crippen molar-refractivity contribution >= 4 is 11.7 Å². The largest absolute Gasteiger partial charge is 0.487 e. The molecule has 0 saturated heterocycles. The molecule has 7 nitrogen and oxygen atoms in total. The van der Waals surface area contributed by atoms with Crippen LogP contribution in [-0.4, -0.2) is 23.3 Å². The summed E-state index contributed by atoms with van der Waals surface area (Å²) in [4.78, 5) is 21.2. The van der Waals surface area contributed by atoms with Gasteiger partial charge in [-0.1, -0.05) is 35.5 Å². The Kier molecular flexibility index (Phi) is 7.21. The van der Waals surface area contributed by atoms with E-state index in [-0.39, 0.29) is 12.3 Å². The Bertz CT molecular complexity index is 994. The van der Waals surface area contributed by atoms with E-state index in [9.17, 15) is 4.79 Å². The molecular formula is C23H24N2O5. The molecule has 156 valence electrons. The first-order valence-corrected chi connectivity index (χ1v) is 9.64. The minimum absolute atomic E-state index is 0.176. The molecule has 30 heavy (non-hydrogen) atoms. The topological polar surface area (TPSA) is 83.2 Å². The van der Waals surface area contributed by atoms with Gasteiger partial charge in [-0.25, -0.2) is 9.78 Å². The smallest absolute Gasteiger partial charge is 0.355 e. The number of aromatic nitrogens is 1. The molecule has 0 spiro atoms. The maximum atomic E-state index is 11.5. The Labute approximate surface area is 175 Å². The molecule has 0 N–H and O–H groups in total. The average molecular weight is 408 g/mol. The van der Waals surface area contributed by atoms with Gasteiger partial charge >= 0.3 is 5.97 Å². The second kappa shape index (κ2) is 10.2. The van der Waals surface area contributed by atoms with Crippen LogP contribution in [-0.2, 0) is 27.6 Å². The Balaban J connectivity index is 1.52. The quantitative estimate of drug-likeness (QED) is 0.290. The van der Waals surface area contributed by atoms with Gasteiger partial charge in [-0.3, -0.25) is 0 Å². The summed E-state index contributed by atoms with van der Waals surface area (Å²) in [7, 11) is 0. The van der Waals surface area contributed by atoms with Gasteiger partial charge in [0, 0.05) is 5.56 Å². The summed E-state index contributed by atoms with van der Waals surface area (Å²) in [5.41, 5.74) is 2.75. The van der Waals surface area contributed by atoms with Gasteiger partial charge < -0.3 is 18.7 Å². The van der Waals surface area contributed by atoms with Gasteiger partial charge in [0.05, 0.1) is 6.61 Å². The number of hydrogen-bond donors (Lipinski definition) is 0. The Hall–Kier alpha value is -3.61. The van der Waals surface area contributed by atoms with Gasteiger partial charge in [-0.05, 0) is 50.6 Å². The molecule has 7 heteroatoms. The molecule has 0 aliphatic carbocycles. The Morgan fingerprint density at radius 3 is 2.50 bits per heavy atom. The number of oxazole rings is 1. The number of carbonyl (C=O) groups excluding carboxylic acids is 1. The summed E-state index contributed by atoms with van der Waals surface area (Å²) in [6.45, 7) is 6.00. The Morgan fingerprint density at radius 2 is 1.80 bits per heavy atom. The van der Waals surface area contributed by atoms with Crippen LogP contribution in [0.25, 0.3) is 11.5 Å². The number of nitrogens with zero attached hydrogens (tertiary/aromatic N) is 2. The van der Waals surface area contributed by atoms with Crippen LogP contribution >= 0.6 is 0 Å². The van der Waals surface area contributed by atoms with E-state index in [1.807, 2.05) is 61.5 Å². The van der Waals surface area contributed by atoms with Crippen LogP contribution in [0.5, 0.6) is 5.75 Å². The van der Waals surface area contributed by atoms with Gasteiger partial charge in [0.15, 0.2) is 5.71 Å². The van der Waals surface area contributed by atoms with E-state index in [4.69, 9.17) is 18.7 Å². The maximum absolute atomic E-state index is 11.5. The van der Waals surface area contributed by atoms with Crippen LogP contribution in [0.15, 0.2) is 64.2 Å². The van der Waals surface area contributed by atoms with Crippen LogP contribution in [0.1, 0.15) is 30.9 Å². The third-order valence-electron chi connectivity index (χ3n) is 4.22. The maximum Gasteiger partial charge on any atom is 0.355 e. The van der Waals surface area contributed by atoms with Crippen molar-refractivity contribution in [1.29, 1.82) is 0 Å². The molecule has 0 atom stereocenters. The summed E-state index contributed by atoms with van der Waals surface area (Å²) >= 11 is 0. The second-order valence-electron chi connectivity index (χ2n) is 6.49. The van der Waals surface area contributed by atoms with Crippen LogP contribution in [0.4, 0.5) is 0 Å². The molecule has 0 bridgehead atoms. The molecular weight excluding hydrogens is 384 g/mol. The molecule has 0 amide bonds. The summed E-state index contributed by atoms with van der Waals surface area (Å²) in [6, 6.07) is 17.2. The monoisotopic (exact) mass is 408 g/mol. The van der Waals surface area contributed by atoms with Crippen molar-refractivity contribution in [2.24, 2.45) is 5.16 Å². The number of benzene rings is 2. The van der Waals surface area contributed by atoms with E-state index in [2.05, 4.69) is 10.1 Å². The van der Waals surface area contributed by atoms with E-state index < -0.39 is 5.97 Å². The van der Waals surface area contributed by atoms with Crippen LogP contribution in [0.2, 0.25) is 0 Å². The fourth-order valence-corrected chi connectivity index (χ4v) is 2.58. The van der Waals surface area contributed by atoms with Crippen molar-refractivity contribution in [3.05, 3.63) is 71.6 Å². The average Bonchev–Trinajstić information content (AvgIpc) is 3.14. The van der Waals surface area contributed by atoms with Gasteiger partial charge in [0.1, 0.15) is 30.4 Å². The molecule has 0 unspecified atom stereocenters. The molecule has 0 aliphatic heterocycles. The molecule has 3 rings (SSSR count). The first-order valence-electron chi connectivity index (χ1n) is 9.64. The number of ether oxygens (including phenoxy) is 2. The van der Waals surface area contributed by atoms with Crippen LogP contribution < -0.4 is 4.74 Å². The first kappa shape index (κ1) is 21.1. The number of oxime groups is 1. The third kappa shape index (κ3) is 5.70. The van der Waals surface area contributed by atoms with Crippen molar-refractivity contribution < 1.29 is 23.5 Å². The van der Waals surface area contributed by atoms with E-state index in [0.717, 1.165) is 22.6 Å². The number of aryl methyl sites for hydroxylation is 1. The lowest BCUT2D eigenvalue weighted by atomic mass is 10.2. The highest BCUT2D eigenvalue weighted by atomic mass is 16.6. The van der Waals surface area contributed by atoms with Crippen molar-refractivity contribution in [3.63, 3.8) is 0 Å². The summed E-state index contributed by atoms with van der Waals surface area (Å²) in [6.07, 6.45) is 0. The standard InChI is InChI=1S/C23H24N2O5/c1-4-27-23(26)16(2)25-29-14-18-10-12-20(13-11-18)28-15-21-17(3)30-22(24-21)19-8-6-5-7-9-19/h5-13H,4,14-15H2,1-3H3/b25-16+. The lowest BCUT2D eigenvalue weighted by Crippen LogP contribution is -2.14. The summed E-state index contributed by atoms with van der Waals surface area (Å²) in [5.74, 6) is 1.53. The molecule has 1 heterocycles. The van der Waals surface area contributed by atoms with E-state index in [1.165, 1.54) is 0 Å². The van der Waals surface area contributed by atoms with Gasteiger partial charge in [-0.2, -0.15) is 0 Å². The molecule has 0 aliphatic rings. The predicted octanol–water partition coefficient (Wildman–Crippen LogP) is 4.68. The highest BCUT2D eigenvalue weighted by Crippen LogP contribution is 2.22. The van der Waals surface area contributed by atoms with Gasteiger partial charge in [0.2, 0.25) is 5.89 Å². The van der Waals surface area contributed by atoms with Gasteiger partial charge in [0.25, 0.3) is 0 Å². The van der Waals surface area contributed by atoms with Crippen molar-refractivity contribution in [2.75, 3.05) is 6.61 Å². The zero-order valence-electron chi connectivity index (χ0n) is 17.3. The molecule has 0 radical (unpaired) electrons. The fourth-order valence-electron chi connectivity index (χ4n) is 2.58. The van der Waals surface area contributed by atoms with E-state index >= 15 is 0 Å². The van der Waals surface area contributed by atoms with E-state index in [1.54, 1.807) is 13.8 Å². The lowest BCUT2D eigenvalue weighted by molar-refractivity contribution is -0.135. The summed E-state index contributed by atoms with van der Waals surface area (Å²) < 4.78 is 16.4. The Morgan fingerprint density at radius 1 is 1.07 bits per heavy atom. The van der Waals surface area contributed by atoms with Crippen LogP contribution in [0, 0.1) is 6.92 Å². The highest BCUT2D eigenvalue weighted by molar-refractivity contribution is 6.35. The third-order valence-corrected chi connectivity index (χ3v) is 4.22. The minimum atomic E-state index is -0.486. The molecule has 1 aromatic heterocycles. The molecule has 0 fully saturated rings. The fraction of sp³-hybridized carbons (Fsp3) is 0.261. The minimum Gasteiger partial charge on any atom is -0.487 e. The summed E-state index contributed by atoms with van der Waals surface area (Å²) in [5, 5.41) is 3.77. The first-order chi connectivity index (χ1) is 14.6. The molecule has 0 saturated carbocycles. The zero-order valence-corrected chi connectivity index (χ0v) is 17.3. The SMILES string of the molecule is CCOC(=O)/C(C)=N/OCc1ccc(OCc2nc(-c3ccccc3)oc2C)cc1. The number of rotatable bonds is 9. The molecule has 3 aromatic rings. The zero-order chi connectivity index (χ0) is 21.3. The van der Waals surface area contributed by atoms with Crippen molar-refractivity contribution in [1.82, 2.24) is 4.98 Å². The number of carbonyl (C=O) groups is 1. The van der Waals surface area contributed by atoms with Crippen molar-refractivity contribution in [2.45, 2.75) is 34.0 Å². The second-order valence-corrected chi connectivity index (χ2v) is 6.49.